The van der Waals surface area contributed by atoms with Gasteiger partial charge >= 0.3 is 0 Å². The summed E-state index contributed by atoms with van der Waals surface area (Å²) in [5.41, 5.74) is 0. The zero-order valence-corrected chi connectivity index (χ0v) is 9.65. The van der Waals surface area contributed by atoms with Crippen LogP contribution in [0, 0.1) is 5.92 Å². The van der Waals surface area contributed by atoms with Crippen molar-refractivity contribution in [3.63, 3.8) is 0 Å². The molecule has 1 aromatic heterocycles. The first-order chi connectivity index (χ1) is 5.70. The van der Waals surface area contributed by atoms with Crippen molar-refractivity contribution in [2.24, 2.45) is 5.92 Å². The Kier molecular flexibility index (Phi) is 4.09. The predicted molar refractivity (Wildman–Crippen MR) is 57.5 cm³/mol. The van der Waals surface area contributed by atoms with Crippen LogP contribution in [-0.2, 0) is 0 Å². The molecule has 0 saturated heterocycles. The van der Waals surface area contributed by atoms with Gasteiger partial charge in [-0.05, 0) is 27.9 Å². The summed E-state index contributed by atoms with van der Waals surface area (Å²) in [4.78, 5) is 5.29. The van der Waals surface area contributed by atoms with Gasteiger partial charge in [-0.2, -0.15) is 0 Å². The molecule has 0 radical (unpaired) electrons. The van der Waals surface area contributed by atoms with Gasteiger partial charge in [0.2, 0.25) is 0 Å². The first-order valence-corrected chi connectivity index (χ1v) is 5.70. The largest absolute Gasteiger partial charge is 0.263 e. The van der Waals surface area contributed by atoms with E-state index in [0.717, 1.165) is 16.1 Å². The number of halogens is 1. The van der Waals surface area contributed by atoms with Crippen LogP contribution in [0.2, 0.25) is 0 Å². The van der Waals surface area contributed by atoms with Gasteiger partial charge in [-0.1, -0.05) is 13.8 Å². The Morgan fingerprint density at radius 3 is 2.92 bits per heavy atom. The summed E-state index contributed by atoms with van der Waals surface area (Å²) in [6.07, 6.45) is 3.66. The molecule has 0 aliphatic carbocycles. The van der Waals surface area contributed by atoms with Crippen LogP contribution in [0.4, 0.5) is 0 Å². The molecule has 0 amide bonds. The third-order valence-electron chi connectivity index (χ3n) is 1.31. The normalized spacial score (nSPS) is 10.7. The van der Waals surface area contributed by atoms with Crippen LogP contribution in [0.25, 0.3) is 0 Å². The molecule has 0 aliphatic heterocycles. The van der Waals surface area contributed by atoms with Crippen molar-refractivity contribution < 1.29 is 0 Å². The van der Waals surface area contributed by atoms with Crippen molar-refractivity contribution in [2.75, 3.05) is 5.75 Å². The number of hydrogen-bond donors (Lipinski definition) is 0. The number of nitrogens with zero attached hydrogens (tertiary/aromatic N) is 1. The van der Waals surface area contributed by atoms with Gasteiger partial charge in [0.1, 0.15) is 0 Å². The lowest BCUT2D eigenvalue weighted by Crippen LogP contribution is -1.90. The summed E-state index contributed by atoms with van der Waals surface area (Å²) in [6.45, 7) is 4.45. The van der Waals surface area contributed by atoms with E-state index in [0.29, 0.717) is 0 Å². The summed E-state index contributed by atoms with van der Waals surface area (Å²) in [7, 11) is 0. The second-order valence-corrected chi connectivity index (χ2v) is 4.93. The van der Waals surface area contributed by atoms with Crippen molar-refractivity contribution in [1.29, 1.82) is 0 Å². The third kappa shape index (κ3) is 3.15. The van der Waals surface area contributed by atoms with E-state index in [4.69, 9.17) is 0 Å². The highest BCUT2D eigenvalue weighted by molar-refractivity contribution is 9.10. The molecular formula is C9H12BrNS. The average molecular weight is 246 g/mol. The standard InChI is InChI=1S/C9H12BrNS/c1-7(2)6-12-9-3-4-11-5-8(9)10/h3-5,7H,6H2,1-2H3. The van der Waals surface area contributed by atoms with Gasteiger partial charge in [0.15, 0.2) is 0 Å². The molecule has 0 bridgehead atoms. The molecular weight excluding hydrogens is 234 g/mol. The fourth-order valence-corrected chi connectivity index (χ4v) is 2.19. The van der Waals surface area contributed by atoms with Crippen LogP contribution >= 0.6 is 27.7 Å². The van der Waals surface area contributed by atoms with Crippen LogP contribution in [-0.4, -0.2) is 10.7 Å². The molecule has 0 saturated carbocycles. The number of aromatic nitrogens is 1. The zero-order chi connectivity index (χ0) is 8.97. The molecule has 0 N–H and O–H groups in total. The molecule has 0 atom stereocenters. The Balaban J connectivity index is 2.57. The number of hydrogen-bond acceptors (Lipinski definition) is 2. The lowest BCUT2D eigenvalue weighted by molar-refractivity contribution is 0.750. The van der Waals surface area contributed by atoms with E-state index in [1.54, 1.807) is 0 Å². The molecule has 1 nitrogen and oxygen atoms in total. The first kappa shape index (κ1) is 10.1. The second-order valence-electron chi connectivity index (χ2n) is 3.01. The molecule has 1 heterocycles. The maximum absolute atomic E-state index is 4.01. The van der Waals surface area contributed by atoms with E-state index < -0.39 is 0 Å². The van der Waals surface area contributed by atoms with E-state index >= 15 is 0 Å². The summed E-state index contributed by atoms with van der Waals surface area (Å²) in [5, 5.41) is 0. The number of thioether (sulfide) groups is 1. The topological polar surface area (TPSA) is 12.9 Å². The third-order valence-corrected chi connectivity index (χ3v) is 3.70. The van der Waals surface area contributed by atoms with Crippen molar-refractivity contribution in [3.05, 3.63) is 22.9 Å². The lowest BCUT2D eigenvalue weighted by Gasteiger charge is -2.05. The molecule has 0 fully saturated rings. The SMILES string of the molecule is CC(C)CSc1ccncc1Br. The van der Waals surface area contributed by atoms with Gasteiger partial charge < -0.3 is 0 Å². The number of pyridine rings is 1. The Morgan fingerprint density at radius 1 is 1.58 bits per heavy atom. The molecule has 0 spiro atoms. The maximum atomic E-state index is 4.01. The van der Waals surface area contributed by atoms with Crippen LogP contribution < -0.4 is 0 Å². The van der Waals surface area contributed by atoms with E-state index in [-0.39, 0.29) is 0 Å². The van der Waals surface area contributed by atoms with E-state index in [2.05, 4.69) is 34.8 Å². The average Bonchev–Trinajstić information content (AvgIpc) is 2.03. The van der Waals surface area contributed by atoms with Gasteiger partial charge in [0.25, 0.3) is 0 Å². The van der Waals surface area contributed by atoms with Gasteiger partial charge in [0, 0.05) is 27.5 Å². The molecule has 1 aromatic rings. The quantitative estimate of drug-likeness (QED) is 0.756. The Bertz CT molecular complexity index is 250. The fraction of sp³-hybridized carbons (Fsp3) is 0.444. The zero-order valence-electron chi connectivity index (χ0n) is 7.25. The summed E-state index contributed by atoms with van der Waals surface area (Å²) in [6, 6.07) is 2.04. The smallest absolute Gasteiger partial charge is 0.0494 e. The van der Waals surface area contributed by atoms with Gasteiger partial charge in [-0.25, -0.2) is 0 Å². The minimum atomic E-state index is 0.732. The Labute approximate surface area is 86.1 Å². The minimum Gasteiger partial charge on any atom is -0.263 e. The first-order valence-electron chi connectivity index (χ1n) is 3.92. The maximum Gasteiger partial charge on any atom is 0.0494 e. The summed E-state index contributed by atoms with van der Waals surface area (Å²) in [5.74, 6) is 1.89. The van der Waals surface area contributed by atoms with Crippen molar-refractivity contribution >= 4 is 27.7 Å². The van der Waals surface area contributed by atoms with Crippen molar-refractivity contribution in [2.45, 2.75) is 18.7 Å². The Hall–Kier alpha value is -0.0200. The molecule has 0 aromatic carbocycles. The Morgan fingerprint density at radius 2 is 2.33 bits per heavy atom. The number of rotatable bonds is 3. The molecule has 12 heavy (non-hydrogen) atoms. The van der Waals surface area contributed by atoms with Crippen molar-refractivity contribution in [3.8, 4) is 0 Å². The van der Waals surface area contributed by atoms with E-state index in [1.165, 1.54) is 4.90 Å². The lowest BCUT2D eigenvalue weighted by atomic mass is 10.3. The summed E-state index contributed by atoms with van der Waals surface area (Å²) >= 11 is 5.33. The minimum absolute atomic E-state index is 0.732. The monoisotopic (exact) mass is 245 g/mol. The molecule has 3 heteroatoms. The predicted octanol–water partition coefficient (Wildman–Crippen LogP) is 3.59. The molecule has 0 aliphatic rings. The molecule has 66 valence electrons. The summed E-state index contributed by atoms with van der Waals surface area (Å²) < 4.78 is 1.09. The van der Waals surface area contributed by atoms with Crippen LogP contribution in [0.1, 0.15) is 13.8 Å². The van der Waals surface area contributed by atoms with Gasteiger partial charge in [-0.15, -0.1) is 11.8 Å². The van der Waals surface area contributed by atoms with E-state index in [1.807, 2.05) is 30.2 Å². The van der Waals surface area contributed by atoms with Gasteiger partial charge in [-0.3, -0.25) is 4.98 Å². The van der Waals surface area contributed by atoms with Crippen LogP contribution in [0.5, 0.6) is 0 Å². The highest BCUT2D eigenvalue weighted by Gasteiger charge is 2.00. The fourth-order valence-electron chi connectivity index (χ4n) is 0.736. The highest BCUT2D eigenvalue weighted by atomic mass is 79.9. The van der Waals surface area contributed by atoms with Crippen LogP contribution in [0.15, 0.2) is 27.8 Å². The molecule has 1 rings (SSSR count). The van der Waals surface area contributed by atoms with Gasteiger partial charge in [0.05, 0.1) is 0 Å². The van der Waals surface area contributed by atoms with Crippen LogP contribution in [0.3, 0.4) is 0 Å². The second kappa shape index (κ2) is 4.87. The highest BCUT2D eigenvalue weighted by Crippen LogP contribution is 2.27. The van der Waals surface area contributed by atoms with Crippen molar-refractivity contribution in [1.82, 2.24) is 4.98 Å². The molecule has 0 unspecified atom stereocenters. The van der Waals surface area contributed by atoms with E-state index in [9.17, 15) is 0 Å².